The van der Waals surface area contributed by atoms with Crippen molar-refractivity contribution in [1.29, 1.82) is 0 Å². The van der Waals surface area contributed by atoms with Crippen LogP contribution in [0.15, 0.2) is 36.4 Å². The second-order valence-corrected chi connectivity index (χ2v) is 5.81. The molecule has 3 rings (SSSR count). The highest BCUT2D eigenvalue weighted by molar-refractivity contribution is 5.89. The number of aryl methyl sites for hydroxylation is 2. The highest BCUT2D eigenvalue weighted by Crippen LogP contribution is 2.38. The molecule has 0 radical (unpaired) electrons. The molecule has 0 aliphatic rings. The largest absolute Gasteiger partial charge is 0.493 e. The first-order valence-electron chi connectivity index (χ1n) is 7.82. The summed E-state index contributed by atoms with van der Waals surface area (Å²) < 4.78 is 10.9. The minimum Gasteiger partial charge on any atom is -0.493 e. The van der Waals surface area contributed by atoms with Gasteiger partial charge < -0.3 is 14.6 Å². The van der Waals surface area contributed by atoms with Gasteiger partial charge in [0.2, 0.25) is 0 Å². The number of hydrogen-bond donors (Lipinski definition) is 1. The van der Waals surface area contributed by atoms with Crippen molar-refractivity contribution < 1.29 is 14.6 Å². The first-order chi connectivity index (χ1) is 11.6. The molecule has 124 valence electrons. The molecule has 0 bridgehead atoms. The number of aliphatic hydroxyl groups excluding tert-OH is 1. The molecule has 0 amide bonds. The summed E-state index contributed by atoms with van der Waals surface area (Å²) in [5.41, 5.74) is 5.83. The third kappa shape index (κ3) is 2.69. The van der Waals surface area contributed by atoms with Gasteiger partial charge in [-0.15, -0.1) is 0 Å². The molecule has 0 unspecified atom stereocenters. The Balaban J connectivity index is 2.22. The third-order valence-electron chi connectivity index (χ3n) is 4.31. The van der Waals surface area contributed by atoms with Crippen molar-refractivity contribution in [3.8, 4) is 22.8 Å². The lowest BCUT2D eigenvalue weighted by Gasteiger charge is -2.15. The number of ether oxygens (including phenoxy) is 2. The van der Waals surface area contributed by atoms with Gasteiger partial charge in [0.05, 0.1) is 32.0 Å². The van der Waals surface area contributed by atoms with Gasteiger partial charge in [-0.3, -0.25) is 0 Å². The van der Waals surface area contributed by atoms with E-state index in [-0.39, 0.29) is 6.61 Å². The molecule has 4 nitrogen and oxygen atoms in total. The van der Waals surface area contributed by atoms with Crippen LogP contribution in [0.25, 0.3) is 22.2 Å². The van der Waals surface area contributed by atoms with Gasteiger partial charge in [-0.25, -0.2) is 4.98 Å². The zero-order valence-electron chi connectivity index (χ0n) is 14.4. The average Bonchev–Trinajstić information content (AvgIpc) is 2.61. The maximum Gasteiger partial charge on any atom is 0.164 e. The van der Waals surface area contributed by atoms with Crippen LogP contribution >= 0.6 is 0 Å². The minimum atomic E-state index is 0.0423. The molecule has 2 aromatic carbocycles. The second kappa shape index (κ2) is 6.49. The number of nitrogens with zero attached hydrogens (tertiary/aromatic N) is 1. The predicted octanol–water partition coefficient (Wildman–Crippen LogP) is 4.03. The van der Waals surface area contributed by atoms with E-state index in [9.17, 15) is 5.11 Å². The van der Waals surface area contributed by atoms with Gasteiger partial charge in [-0.2, -0.15) is 0 Å². The fourth-order valence-corrected chi connectivity index (χ4v) is 3.00. The molecule has 0 saturated carbocycles. The van der Waals surface area contributed by atoms with Crippen molar-refractivity contribution in [2.45, 2.75) is 20.5 Å². The highest BCUT2D eigenvalue weighted by atomic mass is 16.5. The summed E-state index contributed by atoms with van der Waals surface area (Å²) in [5.74, 6) is 1.42. The Morgan fingerprint density at radius 1 is 1.00 bits per heavy atom. The van der Waals surface area contributed by atoms with Crippen molar-refractivity contribution in [1.82, 2.24) is 4.98 Å². The average molecular weight is 323 g/mol. The van der Waals surface area contributed by atoms with Crippen LogP contribution in [0.1, 0.15) is 16.7 Å². The van der Waals surface area contributed by atoms with Gasteiger partial charge in [0, 0.05) is 22.6 Å². The van der Waals surface area contributed by atoms with Gasteiger partial charge in [0.15, 0.2) is 11.5 Å². The van der Waals surface area contributed by atoms with E-state index >= 15 is 0 Å². The van der Waals surface area contributed by atoms with E-state index in [1.54, 1.807) is 14.2 Å². The molecule has 1 aromatic heterocycles. The van der Waals surface area contributed by atoms with Crippen molar-refractivity contribution in [2.75, 3.05) is 14.2 Å². The molecule has 24 heavy (non-hydrogen) atoms. The van der Waals surface area contributed by atoms with Crippen LogP contribution in [-0.4, -0.2) is 24.3 Å². The monoisotopic (exact) mass is 323 g/mol. The van der Waals surface area contributed by atoms with Crippen LogP contribution in [0.5, 0.6) is 11.5 Å². The number of aromatic nitrogens is 1. The summed E-state index contributed by atoms with van der Waals surface area (Å²) in [4.78, 5) is 4.85. The van der Waals surface area contributed by atoms with Gasteiger partial charge in [0.1, 0.15) is 0 Å². The summed E-state index contributed by atoms with van der Waals surface area (Å²) in [6.07, 6.45) is 0. The third-order valence-corrected chi connectivity index (χ3v) is 4.31. The van der Waals surface area contributed by atoms with Crippen LogP contribution in [0.2, 0.25) is 0 Å². The van der Waals surface area contributed by atoms with E-state index in [1.807, 2.05) is 37.3 Å². The van der Waals surface area contributed by atoms with E-state index in [2.05, 4.69) is 13.0 Å². The van der Waals surface area contributed by atoms with Crippen molar-refractivity contribution >= 4 is 10.9 Å². The van der Waals surface area contributed by atoms with Crippen molar-refractivity contribution in [3.63, 3.8) is 0 Å². The standard InChI is InChI=1S/C20H21NO3/c1-12-9-16-13(2)20(24-4)18(23-3)10-17(16)21-19(12)15-7-5-14(11-22)6-8-15/h5-10,22H,11H2,1-4H3. The summed E-state index contributed by atoms with van der Waals surface area (Å²) in [5, 5.41) is 10.2. The Bertz CT molecular complexity index is 886. The van der Waals surface area contributed by atoms with E-state index in [4.69, 9.17) is 14.5 Å². The van der Waals surface area contributed by atoms with Crippen LogP contribution in [0, 0.1) is 13.8 Å². The lowest BCUT2D eigenvalue weighted by molar-refractivity contribution is 0.282. The van der Waals surface area contributed by atoms with Gasteiger partial charge >= 0.3 is 0 Å². The molecule has 1 heterocycles. The first kappa shape index (κ1) is 16.3. The summed E-state index contributed by atoms with van der Waals surface area (Å²) in [6.45, 7) is 4.11. The molecule has 0 fully saturated rings. The topological polar surface area (TPSA) is 51.6 Å². The van der Waals surface area contributed by atoms with Crippen molar-refractivity contribution in [3.05, 3.63) is 53.1 Å². The van der Waals surface area contributed by atoms with Crippen LogP contribution in [0.3, 0.4) is 0 Å². The van der Waals surface area contributed by atoms with Crippen LogP contribution in [-0.2, 0) is 6.61 Å². The Labute approximate surface area is 141 Å². The summed E-state index contributed by atoms with van der Waals surface area (Å²) in [6, 6.07) is 11.8. The molecule has 3 aromatic rings. The molecule has 0 aliphatic carbocycles. The lowest BCUT2D eigenvalue weighted by atomic mass is 10.0. The van der Waals surface area contributed by atoms with Crippen LogP contribution in [0.4, 0.5) is 0 Å². The quantitative estimate of drug-likeness (QED) is 0.787. The Kier molecular flexibility index (Phi) is 4.40. The van der Waals surface area contributed by atoms with E-state index in [1.165, 1.54) is 0 Å². The molecular formula is C20H21NO3. The van der Waals surface area contributed by atoms with E-state index in [0.29, 0.717) is 5.75 Å². The molecule has 0 aliphatic heterocycles. The molecular weight excluding hydrogens is 302 g/mol. The SMILES string of the molecule is COc1cc2nc(-c3ccc(CO)cc3)c(C)cc2c(C)c1OC. The lowest BCUT2D eigenvalue weighted by Crippen LogP contribution is -1.97. The number of pyridine rings is 1. The molecule has 4 heteroatoms. The van der Waals surface area contributed by atoms with Crippen molar-refractivity contribution in [2.24, 2.45) is 0 Å². The number of aliphatic hydroxyl groups is 1. The fourth-order valence-electron chi connectivity index (χ4n) is 3.00. The van der Waals surface area contributed by atoms with E-state index in [0.717, 1.165) is 44.6 Å². The fraction of sp³-hybridized carbons (Fsp3) is 0.250. The van der Waals surface area contributed by atoms with Gasteiger partial charge in [-0.05, 0) is 31.0 Å². The number of benzene rings is 2. The first-order valence-corrected chi connectivity index (χ1v) is 7.82. The Morgan fingerprint density at radius 3 is 2.29 bits per heavy atom. The maximum atomic E-state index is 9.19. The van der Waals surface area contributed by atoms with E-state index < -0.39 is 0 Å². The maximum absolute atomic E-state index is 9.19. The Hall–Kier alpha value is -2.59. The molecule has 0 spiro atoms. The minimum absolute atomic E-state index is 0.0423. The van der Waals surface area contributed by atoms with Gasteiger partial charge in [-0.1, -0.05) is 24.3 Å². The molecule has 0 atom stereocenters. The smallest absolute Gasteiger partial charge is 0.164 e. The van der Waals surface area contributed by atoms with Gasteiger partial charge in [0.25, 0.3) is 0 Å². The number of hydrogen-bond acceptors (Lipinski definition) is 4. The normalized spacial score (nSPS) is 10.9. The summed E-state index contributed by atoms with van der Waals surface area (Å²) in [7, 11) is 3.28. The highest BCUT2D eigenvalue weighted by Gasteiger charge is 2.15. The predicted molar refractivity (Wildman–Crippen MR) is 95.7 cm³/mol. The second-order valence-electron chi connectivity index (χ2n) is 5.81. The molecule has 1 N–H and O–H groups in total. The number of methoxy groups -OCH3 is 2. The summed E-state index contributed by atoms with van der Waals surface area (Å²) >= 11 is 0. The zero-order chi connectivity index (χ0) is 17.3. The van der Waals surface area contributed by atoms with Crippen LogP contribution < -0.4 is 9.47 Å². The number of fused-ring (bicyclic) bond motifs is 1. The Morgan fingerprint density at radius 2 is 1.71 bits per heavy atom. The zero-order valence-corrected chi connectivity index (χ0v) is 14.4. The number of rotatable bonds is 4. The molecule has 0 saturated heterocycles.